The third kappa shape index (κ3) is 5.65. The Morgan fingerprint density at radius 1 is 1.00 bits per heavy atom. The number of rotatable bonds is 8. The number of hydrogen-bond acceptors (Lipinski definition) is 2. The van der Waals surface area contributed by atoms with Gasteiger partial charge in [-0.05, 0) is 38.9 Å². The van der Waals surface area contributed by atoms with E-state index in [1.807, 2.05) is 0 Å². The first-order valence-electron chi connectivity index (χ1n) is 7.16. The van der Waals surface area contributed by atoms with Gasteiger partial charge in [0.25, 0.3) is 0 Å². The fraction of sp³-hybridized carbons (Fsp3) is 0.625. The molecule has 0 saturated heterocycles. The summed E-state index contributed by atoms with van der Waals surface area (Å²) in [5.41, 5.74) is 4.10. The lowest BCUT2D eigenvalue weighted by molar-refractivity contribution is 0.287. The molecule has 0 unspecified atom stereocenters. The highest BCUT2D eigenvalue weighted by molar-refractivity contribution is 5.28. The molecule has 0 bridgehead atoms. The maximum Gasteiger partial charge on any atom is 0.0206 e. The second kappa shape index (κ2) is 8.28. The molecule has 18 heavy (non-hydrogen) atoms. The van der Waals surface area contributed by atoms with Crippen molar-refractivity contribution in [2.24, 2.45) is 0 Å². The largest absolute Gasteiger partial charge is 0.311 e. The van der Waals surface area contributed by atoms with Gasteiger partial charge in [-0.3, -0.25) is 0 Å². The molecular formula is C16H28N2. The van der Waals surface area contributed by atoms with Crippen LogP contribution in [-0.2, 0) is 6.54 Å². The predicted octanol–water partition coefficient (Wildman–Crippen LogP) is 3.12. The van der Waals surface area contributed by atoms with E-state index in [-0.39, 0.29) is 0 Å². The van der Waals surface area contributed by atoms with E-state index >= 15 is 0 Å². The molecule has 1 N–H and O–H groups in total. The molecule has 1 rings (SSSR count). The number of aryl methyl sites for hydroxylation is 2. The first-order chi connectivity index (χ1) is 8.65. The third-order valence-electron chi connectivity index (χ3n) is 3.20. The molecule has 0 aliphatic rings. The molecule has 1 aromatic carbocycles. The molecule has 0 radical (unpaired) electrons. The van der Waals surface area contributed by atoms with Crippen LogP contribution in [0.15, 0.2) is 18.2 Å². The molecule has 0 atom stereocenters. The fourth-order valence-corrected chi connectivity index (χ4v) is 2.39. The number of nitrogens with zero attached hydrogens (tertiary/aromatic N) is 1. The quantitative estimate of drug-likeness (QED) is 0.711. The molecule has 2 heteroatoms. The van der Waals surface area contributed by atoms with Gasteiger partial charge >= 0.3 is 0 Å². The van der Waals surface area contributed by atoms with Crippen molar-refractivity contribution in [1.82, 2.24) is 10.2 Å². The first-order valence-corrected chi connectivity index (χ1v) is 7.16. The van der Waals surface area contributed by atoms with Crippen molar-refractivity contribution >= 4 is 0 Å². The van der Waals surface area contributed by atoms with Gasteiger partial charge in [0.05, 0.1) is 0 Å². The summed E-state index contributed by atoms with van der Waals surface area (Å²) in [5, 5.41) is 3.54. The van der Waals surface area contributed by atoms with Crippen molar-refractivity contribution in [2.75, 3.05) is 26.2 Å². The lowest BCUT2D eigenvalue weighted by Gasteiger charge is -2.19. The fourth-order valence-electron chi connectivity index (χ4n) is 2.39. The molecule has 0 aromatic heterocycles. The van der Waals surface area contributed by atoms with Crippen molar-refractivity contribution in [1.29, 1.82) is 0 Å². The SMILES string of the molecule is CCCN(CC)CCNCc1cc(C)cc(C)c1. The van der Waals surface area contributed by atoms with Gasteiger partial charge in [0, 0.05) is 19.6 Å². The summed E-state index contributed by atoms with van der Waals surface area (Å²) in [5.74, 6) is 0. The summed E-state index contributed by atoms with van der Waals surface area (Å²) in [6, 6.07) is 6.76. The average molecular weight is 248 g/mol. The second-order valence-corrected chi connectivity index (χ2v) is 5.11. The Morgan fingerprint density at radius 2 is 1.67 bits per heavy atom. The minimum absolute atomic E-state index is 0.978. The highest BCUT2D eigenvalue weighted by Gasteiger charge is 2.00. The van der Waals surface area contributed by atoms with Crippen molar-refractivity contribution in [2.45, 2.75) is 40.7 Å². The van der Waals surface area contributed by atoms with Gasteiger partial charge in [-0.2, -0.15) is 0 Å². The molecule has 0 amide bonds. The Morgan fingerprint density at radius 3 is 2.22 bits per heavy atom. The molecule has 0 aliphatic carbocycles. The van der Waals surface area contributed by atoms with Crippen molar-refractivity contribution in [3.05, 3.63) is 34.9 Å². The van der Waals surface area contributed by atoms with Crippen LogP contribution in [0.4, 0.5) is 0 Å². The molecule has 0 heterocycles. The van der Waals surface area contributed by atoms with Crippen LogP contribution in [0.5, 0.6) is 0 Å². The number of likely N-dealkylation sites (N-methyl/N-ethyl adjacent to an activating group) is 1. The van der Waals surface area contributed by atoms with Crippen molar-refractivity contribution in [3.8, 4) is 0 Å². The van der Waals surface area contributed by atoms with E-state index in [0.29, 0.717) is 0 Å². The van der Waals surface area contributed by atoms with E-state index in [2.05, 4.69) is 56.1 Å². The van der Waals surface area contributed by atoms with Crippen LogP contribution < -0.4 is 5.32 Å². The Labute approximate surface area is 112 Å². The minimum Gasteiger partial charge on any atom is -0.311 e. The van der Waals surface area contributed by atoms with Crippen LogP contribution in [0, 0.1) is 13.8 Å². The van der Waals surface area contributed by atoms with Gasteiger partial charge in [0.15, 0.2) is 0 Å². The number of hydrogen-bond donors (Lipinski definition) is 1. The Kier molecular flexibility index (Phi) is 6.99. The van der Waals surface area contributed by atoms with Crippen LogP contribution >= 0.6 is 0 Å². The normalized spacial score (nSPS) is 11.2. The van der Waals surface area contributed by atoms with Gasteiger partial charge < -0.3 is 10.2 Å². The highest BCUT2D eigenvalue weighted by Crippen LogP contribution is 2.08. The summed E-state index contributed by atoms with van der Waals surface area (Å²) in [4.78, 5) is 2.49. The van der Waals surface area contributed by atoms with Gasteiger partial charge in [-0.25, -0.2) is 0 Å². The zero-order valence-electron chi connectivity index (χ0n) is 12.4. The molecule has 1 aromatic rings. The van der Waals surface area contributed by atoms with Crippen LogP contribution in [0.1, 0.15) is 37.0 Å². The van der Waals surface area contributed by atoms with E-state index in [1.54, 1.807) is 0 Å². The third-order valence-corrected chi connectivity index (χ3v) is 3.20. The van der Waals surface area contributed by atoms with Gasteiger partial charge in [0.2, 0.25) is 0 Å². The topological polar surface area (TPSA) is 15.3 Å². The van der Waals surface area contributed by atoms with Crippen LogP contribution in [0.2, 0.25) is 0 Å². The van der Waals surface area contributed by atoms with Crippen LogP contribution in [0.3, 0.4) is 0 Å². The minimum atomic E-state index is 0.978. The van der Waals surface area contributed by atoms with E-state index in [1.165, 1.54) is 29.7 Å². The maximum atomic E-state index is 3.54. The van der Waals surface area contributed by atoms with Gasteiger partial charge in [0.1, 0.15) is 0 Å². The summed E-state index contributed by atoms with van der Waals surface area (Å²) >= 11 is 0. The van der Waals surface area contributed by atoms with E-state index in [4.69, 9.17) is 0 Å². The highest BCUT2D eigenvalue weighted by atomic mass is 15.1. The summed E-state index contributed by atoms with van der Waals surface area (Å²) in [6.45, 7) is 14.4. The van der Waals surface area contributed by atoms with Crippen LogP contribution in [0.25, 0.3) is 0 Å². The molecule has 2 nitrogen and oxygen atoms in total. The van der Waals surface area contributed by atoms with Crippen LogP contribution in [-0.4, -0.2) is 31.1 Å². The Bertz CT molecular complexity index is 327. The predicted molar refractivity (Wildman–Crippen MR) is 80.0 cm³/mol. The standard InChI is InChI=1S/C16H28N2/c1-5-8-18(6-2)9-7-17-13-16-11-14(3)10-15(4)12-16/h10-12,17H,5-9,13H2,1-4H3. The summed E-state index contributed by atoms with van der Waals surface area (Å²) < 4.78 is 0. The average Bonchev–Trinajstić information content (AvgIpc) is 2.32. The molecule has 102 valence electrons. The molecule has 0 aliphatic heterocycles. The first kappa shape index (κ1) is 15.2. The summed E-state index contributed by atoms with van der Waals surface area (Å²) in [7, 11) is 0. The smallest absolute Gasteiger partial charge is 0.0206 e. The molecule has 0 fully saturated rings. The summed E-state index contributed by atoms with van der Waals surface area (Å²) in [6.07, 6.45) is 1.24. The second-order valence-electron chi connectivity index (χ2n) is 5.11. The van der Waals surface area contributed by atoms with Gasteiger partial charge in [-0.15, -0.1) is 0 Å². The molecule has 0 saturated carbocycles. The van der Waals surface area contributed by atoms with E-state index in [9.17, 15) is 0 Å². The van der Waals surface area contributed by atoms with Gasteiger partial charge in [-0.1, -0.05) is 43.2 Å². The van der Waals surface area contributed by atoms with E-state index < -0.39 is 0 Å². The lowest BCUT2D eigenvalue weighted by atomic mass is 10.1. The van der Waals surface area contributed by atoms with Crippen molar-refractivity contribution in [3.63, 3.8) is 0 Å². The van der Waals surface area contributed by atoms with Crippen molar-refractivity contribution < 1.29 is 0 Å². The molecular weight excluding hydrogens is 220 g/mol. The lowest BCUT2D eigenvalue weighted by Crippen LogP contribution is -2.32. The number of benzene rings is 1. The number of nitrogens with one attached hydrogen (secondary N) is 1. The maximum absolute atomic E-state index is 3.54. The zero-order valence-corrected chi connectivity index (χ0v) is 12.4. The Balaban J connectivity index is 2.28. The zero-order chi connectivity index (χ0) is 13.4. The van der Waals surface area contributed by atoms with E-state index in [0.717, 1.165) is 26.2 Å². The molecule has 0 spiro atoms. The Hall–Kier alpha value is -0.860. The monoisotopic (exact) mass is 248 g/mol.